The van der Waals surface area contributed by atoms with E-state index in [0.717, 1.165) is 49.8 Å². The summed E-state index contributed by atoms with van der Waals surface area (Å²) >= 11 is 6.23. The molecule has 0 amide bonds. The van der Waals surface area contributed by atoms with E-state index in [9.17, 15) is 4.57 Å². The molecule has 1 aromatic heterocycles. The van der Waals surface area contributed by atoms with Gasteiger partial charge in [0.15, 0.2) is 0 Å². The SMILES string of the molecule is CC(C)OP(=O)(C[C@H]1CC[C@H](c2ccc(CCC3C=C=Cc4c(Cl)ncnc43)cc2)CC1)OC(C)C. The molecule has 0 bridgehead atoms. The minimum atomic E-state index is -3.07. The van der Waals surface area contributed by atoms with Crippen molar-refractivity contribution >= 4 is 25.3 Å². The van der Waals surface area contributed by atoms with Crippen LogP contribution in [0.15, 0.2) is 42.4 Å². The Bertz CT molecular complexity index is 1120. The topological polar surface area (TPSA) is 61.3 Å². The molecule has 5 nitrogen and oxygen atoms in total. The Morgan fingerprint density at radius 1 is 1.03 bits per heavy atom. The molecule has 7 heteroatoms. The van der Waals surface area contributed by atoms with E-state index in [0.29, 0.717) is 23.2 Å². The van der Waals surface area contributed by atoms with E-state index >= 15 is 0 Å². The lowest BCUT2D eigenvalue weighted by Gasteiger charge is -2.32. The van der Waals surface area contributed by atoms with Crippen LogP contribution in [-0.2, 0) is 20.0 Å². The summed E-state index contributed by atoms with van der Waals surface area (Å²) < 4.78 is 24.8. The largest absolute Gasteiger partial charge is 0.331 e. The summed E-state index contributed by atoms with van der Waals surface area (Å²) in [6.45, 7) is 7.68. The minimum absolute atomic E-state index is 0.101. The van der Waals surface area contributed by atoms with Gasteiger partial charge in [-0.3, -0.25) is 4.57 Å². The maximum absolute atomic E-state index is 13.3. The highest BCUT2D eigenvalue weighted by molar-refractivity contribution is 7.53. The lowest BCUT2D eigenvalue weighted by Crippen LogP contribution is -2.20. The van der Waals surface area contributed by atoms with Crippen molar-refractivity contribution in [3.05, 3.63) is 69.9 Å². The van der Waals surface area contributed by atoms with Crippen LogP contribution in [0.25, 0.3) is 6.08 Å². The molecule has 0 saturated heterocycles. The van der Waals surface area contributed by atoms with Crippen LogP contribution in [0.2, 0.25) is 5.15 Å². The molecular formula is C29H38ClN2O3P. The van der Waals surface area contributed by atoms with Gasteiger partial charge >= 0.3 is 7.60 Å². The van der Waals surface area contributed by atoms with Crippen molar-refractivity contribution in [3.63, 3.8) is 0 Å². The molecule has 4 rings (SSSR count). The smallest absolute Gasteiger partial charge is 0.306 e. The van der Waals surface area contributed by atoms with E-state index in [1.165, 1.54) is 17.5 Å². The van der Waals surface area contributed by atoms with Crippen LogP contribution in [-0.4, -0.2) is 28.3 Å². The van der Waals surface area contributed by atoms with Crippen LogP contribution in [0.4, 0.5) is 0 Å². The summed E-state index contributed by atoms with van der Waals surface area (Å²) in [6.07, 6.45) is 12.1. The number of hydrogen-bond acceptors (Lipinski definition) is 5. The summed E-state index contributed by atoms with van der Waals surface area (Å²) in [4.78, 5) is 8.56. The van der Waals surface area contributed by atoms with Gasteiger partial charge in [-0.1, -0.05) is 35.9 Å². The number of aromatic nitrogens is 2. The molecule has 2 aromatic rings. The van der Waals surface area contributed by atoms with Gasteiger partial charge in [0.1, 0.15) is 11.5 Å². The highest BCUT2D eigenvalue weighted by Crippen LogP contribution is 2.54. The van der Waals surface area contributed by atoms with Gasteiger partial charge in [-0.2, -0.15) is 0 Å². The average molecular weight is 529 g/mol. The van der Waals surface area contributed by atoms with Crippen molar-refractivity contribution in [1.29, 1.82) is 0 Å². The Labute approximate surface area is 220 Å². The third kappa shape index (κ3) is 7.18. The molecule has 1 heterocycles. The van der Waals surface area contributed by atoms with E-state index in [2.05, 4.69) is 46.0 Å². The molecule has 1 atom stereocenters. The Balaban J connectivity index is 1.29. The highest BCUT2D eigenvalue weighted by Gasteiger charge is 2.33. The molecule has 0 aliphatic heterocycles. The third-order valence-corrected chi connectivity index (χ3v) is 9.76. The van der Waals surface area contributed by atoms with Crippen LogP contribution in [0.1, 0.15) is 94.0 Å². The van der Waals surface area contributed by atoms with Crippen LogP contribution in [0, 0.1) is 5.92 Å². The molecule has 1 unspecified atom stereocenters. The normalized spacial score (nSPS) is 21.8. The Hall–Kier alpha value is -1.74. The van der Waals surface area contributed by atoms with Gasteiger partial charge in [0.05, 0.1) is 24.1 Å². The zero-order chi connectivity index (χ0) is 25.7. The second-order valence-corrected chi connectivity index (χ2v) is 13.0. The average Bonchev–Trinajstić information content (AvgIpc) is 2.83. The Morgan fingerprint density at radius 3 is 2.33 bits per heavy atom. The maximum Gasteiger partial charge on any atom is 0.331 e. The number of aryl methyl sites for hydroxylation is 1. The number of allylic oxidation sites excluding steroid dienone is 1. The quantitative estimate of drug-likeness (QED) is 0.176. The standard InChI is InChI=1S/C29H38ClN2O3P/c1-20(2)34-36(33,35-21(3)4)18-23-11-15-25(16-12-23)24-13-8-22(9-14-24)10-17-26-6-5-7-27-28(26)31-19-32-29(27)30/h6-9,13-14,19-21,23,25-26H,10-12,15-18H2,1-4H3/t23-,25-,26?. The summed E-state index contributed by atoms with van der Waals surface area (Å²) in [5.41, 5.74) is 7.82. The zero-order valence-electron chi connectivity index (χ0n) is 21.8. The summed E-state index contributed by atoms with van der Waals surface area (Å²) in [6, 6.07) is 9.11. The number of fused-ring (bicyclic) bond motifs is 1. The first kappa shape index (κ1) is 27.3. The predicted octanol–water partition coefficient (Wildman–Crippen LogP) is 8.35. The number of rotatable bonds is 10. The van der Waals surface area contributed by atoms with Gasteiger partial charge < -0.3 is 9.05 Å². The van der Waals surface area contributed by atoms with Crippen molar-refractivity contribution in [3.8, 4) is 0 Å². The second-order valence-electron chi connectivity index (χ2n) is 10.6. The molecule has 1 aromatic carbocycles. The predicted molar refractivity (Wildman–Crippen MR) is 147 cm³/mol. The minimum Gasteiger partial charge on any atom is -0.306 e. The lowest BCUT2D eigenvalue weighted by atomic mass is 9.79. The summed E-state index contributed by atoms with van der Waals surface area (Å²) in [5.74, 6) is 1.15. The molecule has 0 N–H and O–H groups in total. The maximum atomic E-state index is 13.3. The monoisotopic (exact) mass is 528 g/mol. The van der Waals surface area contributed by atoms with E-state index in [-0.39, 0.29) is 18.1 Å². The number of halogens is 1. The zero-order valence-corrected chi connectivity index (χ0v) is 23.5. The Kier molecular flexibility index (Phi) is 9.25. The van der Waals surface area contributed by atoms with E-state index in [1.807, 2.05) is 33.8 Å². The fraction of sp³-hybridized carbons (Fsp3) is 0.552. The van der Waals surface area contributed by atoms with Crippen molar-refractivity contribution in [2.75, 3.05) is 6.16 Å². The van der Waals surface area contributed by atoms with Crippen LogP contribution in [0.5, 0.6) is 0 Å². The molecule has 194 valence electrons. The van der Waals surface area contributed by atoms with Gasteiger partial charge in [-0.25, -0.2) is 9.97 Å². The van der Waals surface area contributed by atoms with Crippen molar-refractivity contribution in [1.82, 2.24) is 9.97 Å². The van der Waals surface area contributed by atoms with Crippen LogP contribution < -0.4 is 0 Å². The lowest BCUT2D eigenvalue weighted by molar-refractivity contribution is 0.138. The third-order valence-electron chi connectivity index (χ3n) is 7.01. The van der Waals surface area contributed by atoms with Gasteiger partial charge in [0.2, 0.25) is 0 Å². The molecule has 2 aliphatic rings. The van der Waals surface area contributed by atoms with Crippen LogP contribution >= 0.6 is 19.2 Å². The van der Waals surface area contributed by atoms with E-state index < -0.39 is 7.60 Å². The number of benzene rings is 1. The first-order valence-corrected chi connectivity index (χ1v) is 15.3. The summed E-state index contributed by atoms with van der Waals surface area (Å²) in [5, 5.41) is 0.493. The fourth-order valence-corrected chi connectivity index (χ4v) is 8.09. The number of hydrogen-bond donors (Lipinski definition) is 0. The molecule has 1 fully saturated rings. The van der Waals surface area contributed by atoms with Gasteiger partial charge in [0, 0.05) is 11.5 Å². The molecule has 0 spiro atoms. The van der Waals surface area contributed by atoms with Crippen molar-refractivity contribution < 1.29 is 13.6 Å². The highest BCUT2D eigenvalue weighted by atomic mass is 35.5. The molecular weight excluding hydrogens is 491 g/mol. The van der Waals surface area contributed by atoms with Crippen molar-refractivity contribution in [2.45, 2.75) is 90.3 Å². The molecule has 2 aliphatic carbocycles. The first-order valence-electron chi connectivity index (χ1n) is 13.2. The molecule has 1 saturated carbocycles. The number of nitrogens with zero attached hydrogens (tertiary/aromatic N) is 2. The molecule has 36 heavy (non-hydrogen) atoms. The molecule has 0 radical (unpaired) electrons. The second kappa shape index (κ2) is 12.2. The Morgan fingerprint density at radius 2 is 1.69 bits per heavy atom. The van der Waals surface area contributed by atoms with Gasteiger partial charge in [-0.05, 0) is 101 Å². The fourth-order valence-electron chi connectivity index (χ4n) is 5.39. The van der Waals surface area contributed by atoms with E-state index in [4.69, 9.17) is 20.6 Å². The summed E-state index contributed by atoms with van der Waals surface area (Å²) in [7, 11) is -3.07. The van der Waals surface area contributed by atoms with Gasteiger partial charge in [-0.15, -0.1) is 5.73 Å². The first-order chi connectivity index (χ1) is 17.2. The van der Waals surface area contributed by atoms with E-state index in [1.54, 1.807) is 0 Å². The van der Waals surface area contributed by atoms with Crippen molar-refractivity contribution in [2.24, 2.45) is 5.92 Å². The van der Waals surface area contributed by atoms with Gasteiger partial charge in [0.25, 0.3) is 0 Å². The van der Waals surface area contributed by atoms with Crippen LogP contribution in [0.3, 0.4) is 0 Å².